The van der Waals surface area contributed by atoms with Gasteiger partial charge in [-0.2, -0.15) is 0 Å². The zero-order valence-electron chi connectivity index (χ0n) is 17.4. The maximum Gasteiger partial charge on any atom is 0.227 e. The number of primary amides is 1. The number of carbonyl (C=O) groups excluding carboxylic acids is 2. The first kappa shape index (κ1) is 21.6. The van der Waals surface area contributed by atoms with Crippen molar-refractivity contribution in [3.05, 3.63) is 46.8 Å². The van der Waals surface area contributed by atoms with Crippen LogP contribution < -0.4 is 10.6 Å². The highest BCUT2D eigenvalue weighted by Crippen LogP contribution is 2.33. The molecule has 162 valence electrons. The largest absolute Gasteiger partial charge is 0.369 e. The maximum atomic E-state index is 12.7. The predicted octanol–water partition coefficient (Wildman–Crippen LogP) is 2.72. The molecule has 1 aliphatic rings. The predicted molar refractivity (Wildman–Crippen MR) is 126 cm³/mol. The molecule has 1 aliphatic heterocycles. The molecule has 0 spiro atoms. The molecular weight excluding hydrogens is 430 g/mol. The van der Waals surface area contributed by atoms with Gasteiger partial charge in [-0.15, -0.1) is 11.3 Å². The monoisotopic (exact) mass is 455 g/mol. The quantitative estimate of drug-likeness (QED) is 0.435. The van der Waals surface area contributed by atoms with Crippen molar-refractivity contribution in [2.75, 3.05) is 36.8 Å². The maximum absolute atomic E-state index is 12.7. The number of hydrogen-bond acceptors (Lipinski definition) is 7. The van der Waals surface area contributed by atoms with Gasteiger partial charge in [-0.1, -0.05) is 49.0 Å². The molecule has 0 atom stereocenters. The van der Waals surface area contributed by atoms with Crippen LogP contribution >= 0.6 is 23.1 Å². The van der Waals surface area contributed by atoms with Gasteiger partial charge in [-0.25, -0.2) is 9.97 Å². The number of benzene rings is 1. The molecule has 3 heterocycles. The third-order valence-electron chi connectivity index (χ3n) is 5.23. The first-order valence-corrected chi connectivity index (χ1v) is 12.1. The number of thioether (sulfide) groups is 1. The number of piperazine rings is 1. The fraction of sp³-hybridized carbons (Fsp3) is 0.364. The van der Waals surface area contributed by atoms with E-state index in [2.05, 4.69) is 22.9 Å². The molecule has 0 saturated carbocycles. The van der Waals surface area contributed by atoms with Gasteiger partial charge in [0.2, 0.25) is 11.8 Å². The average molecular weight is 456 g/mol. The molecule has 9 heteroatoms. The van der Waals surface area contributed by atoms with E-state index in [0.29, 0.717) is 37.8 Å². The molecule has 0 radical (unpaired) electrons. The Labute approximate surface area is 189 Å². The van der Waals surface area contributed by atoms with E-state index in [-0.39, 0.29) is 17.6 Å². The lowest BCUT2D eigenvalue weighted by Gasteiger charge is -2.35. The van der Waals surface area contributed by atoms with Crippen LogP contribution in [0.25, 0.3) is 10.2 Å². The third kappa shape index (κ3) is 5.16. The summed E-state index contributed by atoms with van der Waals surface area (Å²) in [5, 5.41) is 1.60. The third-order valence-corrected chi connectivity index (χ3v) is 7.27. The number of rotatable bonds is 7. The van der Waals surface area contributed by atoms with Crippen LogP contribution in [0.1, 0.15) is 17.4 Å². The molecule has 3 aromatic rings. The molecule has 0 aliphatic carbocycles. The Morgan fingerprint density at radius 1 is 1.13 bits per heavy atom. The number of anilines is 1. The Balaban J connectivity index is 1.50. The smallest absolute Gasteiger partial charge is 0.227 e. The zero-order chi connectivity index (χ0) is 21.8. The fourth-order valence-corrected chi connectivity index (χ4v) is 5.20. The molecule has 2 N–H and O–H groups in total. The van der Waals surface area contributed by atoms with Crippen LogP contribution in [0.4, 0.5) is 5.82 Å². The van der Waals surface area contributed by atoms with Gasteiger partial charge in [0.15, 0.2) is 5.16 Å². The summed E-state index contributed by atoms with van der Waals surface area (Å²) in [4.78, 5) is 39.6. The first-order valence-electron chi connectivity index (χ1n) is 10.3. The van der Waals surface area contributed by atoms with Gasteiger partial charge in [0.05, 0.1) is 17.6 Å². The van der Waals surface area contributed by atoms with Crippen molar-refractivity contribution < 1.29 is 9.59 Å². The van der Waals surface area contributed by atoms with E-state index < -0.39 is 0 Å². The van der Waals surface area contributed by atoms with E-state index in [1.807, 2.05) is 35.2 Å². The molecule has 4 rings (SSSR count). The second-order valence-electron chi connectivity index (χ2n) is 7.40. The van der Waals surface area contributed by atoms with Gasteiger partial charge in [0, 0.05) is 31.1 Å². The Morgan fingerprint density at radius 2 is 1.87 bits per heavy atom. The molecule has 1 fully saturated rings. The van der Waals surface area contributed by atoms with Crippen molar-refractivity contribution in [1.29, 1.82) is 0 Å². The highest BCUT2D eigenvalue weighted by molar-refractivity contribution is 7.99. The van der Waals surface area contributed by atoms with E-state index in [4.69, 9.17) is 10.7 Å². The Hall–Kier alpha value is -2.65. The van der Waals surface area contributed by atoms with E-state index in [9.17, 15) is 9.59 Å². The van der Waals surface area contributed by atoms with E-state index in [1.165, 1.54) is 16.6 Å². The van der Waals surface area contributed by atoms with Crippen LogP contribution in [0, 0.1) is 0 Å². The second-order valence-corrected chi connectivity index (χ2v) is 9.46. The number of nitrogens with zero attached hydrogens (tertiary/aromatic N) is 4. The summed E-state index contributed by atoms with van der Waals surface area (Å²) in [6.07, 6.45) is 1.36. The van der Waals surface area contributed by atoms with Crippen molar-refractivity contribution in [3.8, 4) is 0 Å². The number of amides is 2. The summed E-state index contributed by atoms with van der Waals surface area (Å²) in [7, 11) is 0. The minimum Gasteiger partial charge on any atom is -0.369 e. The standard InChI is InChI=1S/C22H25N5O2S2/c1-2-16-13-17-20(24-22(25-21(17)31-16)30-14-18(23)28)27-10-8-26(9-11-27)19(29)12-15-6-4-3-5-7-15/h3-7,13H,2,8-12,14H2,1H3,(H2,23,28). The molecule has 31 heavy (non-hydrogen) atoms. The van der Waals surface area contributed by atoms with Crippen LogP contribution in [-0.4, -0.2) is 58.6 Å². The Kier molecular flexibility index (Phi) is 6.72. The van der Waals surface area contributed by atoms with Crippen LogP contribution in [0.3, 0.4) is 0 Å². The molecular formula is C22H25N5O2S2. The highest BCUT2D eigenvalue weighted by Gasteiger charge is 2.24. The molecule has 7 nitrogen and oxygen atoms in total. The van der Waals surface area contributed by atoms with Crippen LogP contribution in [0.15, 0.2) is 41.6 Å². The van der Waals surface area contributed by atoms with E-state index in [1.54, 1.807) is 11.3 Å². The average Bonchev–Trinajstić information content (AvgIpc) is 3.21. The highest BCUT2D eigenvalue weighted by atomic mass is 32.2. The molecule has 0 unspecified atom stereocenters. The van der Waals surface area contributed by atoms with Gasteiger partial charge in [-0.3, -0.25) is 9.59 Å². The summed E-state index contributed by atoms with van der Waals surface area (Å²) in [5.41, 5.74) is 6.33. The minimum atomic E-state index is -0.388. The number of fused-ring (bicyclic) bond motifs is 1. The second kappa shape index (κ2) is 9.65. The lowest BCUT2D eigenvalue weighted by atomic mass is 10.1. The van der Waals surface area contributed by atoms with E-state index >= 15 is 0 Å². The van der Waals surface area contributed by atoms with Crippen molar-refractivity contribution in [2.24, 2.45) is 5.73 Å². The molecule has 1 saturated heterocycles. The lowest BCUT2D eigenvalue weighted by Crippen LogP contribution is -2.49. The van der Waals surface area contributed by atoms with Gasteiger partial charge >= 0.3 is 0 Å². The number of carbonyl (C=O) groups is 2. The summed E-state index contributed by atoms with van der Waals surface area (Å²) in [6, 6.07) is 12.0. The molecule has 2 amide bonds. The number of nitrogens with two attached hydrogens (primary N) is 1. The number of hydrogen-bond donors (Lipinski definition) is 1. The van der Waals surface area contributed by atoms with Gasteiger partial charge < -0.3 is 15.5 Å². The van der Waals surface area contributed by atoms with Crippen molar-refractivity contribution in [2.45, 2.75) is 24.9 Å². The summed E-state index contributed by atoms with van der Waals surface area (Å²) in [5.74, 6) is 0.795. The van der Waals surface area contributed by atoms with Crippen molar-refractivity contribution in [1.82, 2.24) is 14.9 Å². The van der Waals surface area contributed by atoms with E-state index in [0.717, 1.165) is 28.0 Å². The lowest BCUT2D eigenvalue weighted by molar-refractivity contribution is -0.130. The fourth-order valence-electron chi connectivity index (χ4n) is 3.60. The van der Waals surface area contributed by atoms with Crippen molar-refractivity contribution >= 4 is 50.9 Å². The number of thiophene rings is 1. The number of aryl methyl sites for hydroxylation is 1. The normalized spacial score (nSPS) is 14.2. The Morgan fingerprint density at radius 3 is 2.55 bits per heavy atom. The minimum absolute atomic E-state index is 0.152. The Bertz CT molecular complexity index is 1080. The summed E-state index contributed by atoms with van der Waals surface area (Å²) in [6.45, 7) is 4.86. The zero-order valence-corrected chi connectivity index (χ0v) is 19.0. The van der Waals surface area contributed by atoms with Crippen LogP contribution in [-0.2, 0) is 22.4 Å². The summed E-state index contributed by atoms with van der Waals surface area (Å²) >= 11 is 2.92. The SMILES string of the molecule is CCc1cc2c(N3CCN(C(=O)Cc4ccccc4)CC3)nc(SCC(N)=O)nc2s1. The summed E-state index contributed by atoms with van der Waals surface area (Å²) < 4.78 is 0. The molecule has 1 aromatic carbocycles. The van der Waals surface area contributed by atoms with Gasteiger partial charge in [-0.05, 0) is 18.1 Å². The van der Waals surface area contributed by atoms with Crippen LogP contribution in [0.2, 0.25) is 0 Å². The van der Waals surface area contributed by atoms with Gasteiger partial charge in [0.1, 0.15) is 10.6 Å². The molecule has 0 bridgehead atoms. The van der Waals surface area contributed by atoms with Gasteiger partial charge in [0.25, 0.3) is 0 Å². The molecule has 2 aromatic heterocycles. The first-order chi connectivity index (χ1) is 15.0. The number of aromatic nitrogens is 2. The van der Waals surface area contributed by atoms with Crippen molar-refractivity contribution in [3.63, 3.8) is 0 Å². The topological polar surface area (TPSA) is 92.4 Å². The van der Waals surface area contributed by atoms with Crippen LogP contribution in [0.5, 0.6) is 0 Å².